The maximum Gasteiger partial charge on any atom is 0.228 e. The number of halogens is 1. The summed E-state index contributed by atoms with van der Waals surface area (Å²) in [5.41, 5.74) is 0.402. The van der Waals surface area contributed by atoms with Gasteiger partial charge in [0.15, 0.2) is 0 Å². The topological polar surface area (TPSA) is 17.1 Å². The summed E-state index contributed by atoms with van der Waals surface area (Å²) in [6.07, 6.45) is 15.4. The van der Waals surface area contributed by atoms with Crippen molar-refractivity contribution in [3.05, 3.63) is 0 Å². The molecule has 0 amide bonds. The molecule has 0 aromatic carbocycles. The molecular formula is C21H29ClO. The lowest BCUT2D eigenvalue weighted by Crippen LogP contribution is -2.63. The first-order valence-electron chi connectivity index (χ1n) is 10.3. The summed E-state index contributed by atoms with van der Waals surface area (Å²) in [6.45, 7) is 0. The van der Waals surface area contributed by atoms with Crippen molar-refractivity contribution in [2.45, 2.75) is 70.6 Å². The second kappa shape index (κ2) is 4.37. The fourth-order valence-electron chi connectivity index (χ4n) is 9.97. The van der Waals surface area contributed by atoms with Crippen molar-refractivity contribution in [2.75, 3.05) is 0 Å². The van der Waals surface area contributed by atoms with Gasteiger partial charge >= 0.3 is 0 Å². The fourth-order valence-corrected chi connectivity index (χ4v) is 10.2. The number of hydrogen-bond donors (Lipinski definition) is 0. The molecule has 23 heavy (non-hydrogen) atoms. The lowest BCUT2D eigenvalue weighted by Gasteiger charge is -2.69. The first kappa shape index (κ1) is 14.2. The summed E-state index contributed by atoms with van der Waals surface area (Å²) in [6, 6.07) is 0. The van der Waals surface area contributed by atoms with Crippen LogP contribution in [-0.4, -0.2) is 5.24 Å². The van der Waals surface area contributed by atoms with Gasteiger partial charge in [0.2, 0.25) is 5.24 Å². The minimum atomic E-state index is -0.109. The summed E-state index contributed by atoms with van der Waals surface area (Å²) in [4.78, 5) is 12.8. The van der Waals surface area contributed by atoms with Gasteiger partial charge in [-0.05, 0) is 129 Å². The van der Waals surface area contributed by atoms with Gasteiger partial charge in [-0.2, -0.15) is 0 Å². The van der Waals surface area contributed by atoms with Gasteiger partial charge in [-0.25, -0.2) is 0 Å². The van der Waals surface area contributed by atoms with Crippen molar-refractivity contribution in [2.24, 2.45) is 52.3 Å². The molecule has 8 fully saturated rings. The van der Waals surface area contributed by atoms with Crippen LogP contribution in [0.25, 0.3) is 0 Å². The third-order valence-corrected chi connectivity index (χ3v) is 9.82. The number of carbonyl (C=O) groups is 1. The highest BCUT2D eigenvalue weighted by Crippen LogP contribution is 2.74. The SMILES string of the molecule is O=C(Cl)C12CC3CC(CC(C3)C1C13CC4CC(CC(C4)C1)C3)C2. The van der Waals surface area contributed by atoms with Crippen LogP contribution < -0.4 is 0 Å². The van der Waals surface area contributed by atoms with E-state index in [0.29, 0.717) is 11.3 Å². The monoisotopic (exact) mass is 332 g/mol. The molecule has 8 rings (SSSR count). The Bertz CT molecular complexity index is 517. The van der Waals surface area contributed by atoms with Crippen LogP contribution in [0.1, 0.15) is 70.6 Å². The largest absolute Gasteiger partial charge is 0.281 e. The molecule has 0 heterocycles. The average molecular weight is 333 g/mol. The Labute approximate surface area is 144 Å². The van der Waals surface area contributed by atoms with Gasteiger partial charge in [-0.1, -0.05) is 0 Å². The maximum atomic E-state index is 12.8. The smallest absolute Gasteiger partial charge is 0.228 e. The highest BCUT2D eigenvalue weighted by Gasteiger charge is 2.67. The van der Waals surface area contributed by atoms with Crippen molar-refractivity contribution >= 4 is 16.8 Å². The van der Waals surface area contributed by atoms with E-state index in [4.69, 9.17) is 11.6 Å². The van der Waals surface area contributed by atoms with E-state index in [0.717, 1.165) is 48.3 Å². The predicted molar refractivity (Wildman–Crippen MR) is 90.9 cm³/mol. The van der Waals surface area contributed by atoms with Gasteiger partial charge in [0, 0.05) is 5.41 Å². The van der Waals surface area contributed by atoms with Gasteiger partial charge in [0.1, 0.15) is 0 Å². The molecule has 0 saturated heterocycles. The molecule has 0 aliphatic heterocycles. The second-order valence-corrected chi connectivity index (χ2v) is 11.1. The van der Waals surface area contributed by atoms with E-state index < -0.39 is 0 Å². The predicted octanol–water partition coefficient (Wildman–Crippen LogP) is 5.41. The standard InChI is InChI=1S/C21H29ClO/c22-19(23)21-10-15-4-16(11-21)6-17(5-15)18(21)20-7-12-1-13(8-20)3-14(2-12)9-20/h12-18H,1-11H2. The minimum absolute atomic E-state index is 0.0670. The molecule has 3 atom stereocenters. The van der Waals surface area contributed by atoms with Crippen molar-refractivity contribution in [1.82, 2.24) is 0 Å². The molecule has 0 N–H and O–H groups in total. The van der Waals surface area contributed by atoms with Gasteiger partial charge in [-0.3, -0.25) is 4.79 Å². The zero-order valence-electron chi connectivity index (χ0n) is 14.1. The zero-order chi connectivity index (χ0) is 15.4. The van der Waals surface area contributed by atoms with E-state index >= 15 is 0 Å². The first-order chi connectivity index (χ1) is 11.1. The van der Waals surface area contributed by atoms with Crippen molar-refractivity contribution < 1.29 is 4.79 Å². The third-order valence-electron chi connectivity index (χ3n) is 9.45. The third kappa shape index (κ3) is 1.74. The first-order valence-corrected chi connectivity index (χ1v) is 10.6. The fraction of sp³-hybridized carbons (Fsp3) is 0.952. The second-order valence-electron chi connectivity index (χ2n) is 10.8. The summed E-state index contributed by atoms with van der Waals surface area (Å²) >= 11 is 6.39. The van der Waals surface area contributed by atoms with E-state index in [-0.39, 0.29) is 10.7 Å². The van der Waals surface area contributed by atoms with E-state index in [1.807, 2.05) is 0 Å². The van der Waals surface area contributed by atoms with Crippen LogP contribution in [-0.2, 0) is 4.79 Å². The molecule has 8 saturated carbocycles. The van der Waals surface area contributed by atoms with Gasteiger partial charge in [-0.15, -0.1) is 0 Å². The number of carbonyl (C=O) groups excluding carboxylic acids is 1. The Kier molecular flexibility index (Phi) is 2.69. The lowest BCUT2D eigenvalue weighted by atomic mass is 9.35. The molecule has 3 unspecified atom stereocenters. The molecule has 8 bridgehead atoms. The molecule has 0 radical (unpaired) electrons. The van der Waals surface area contributed by atoms with Gasteiger partial charge in [0.05, 0.1) is 0 Å². The molecule has 0 aromatic rings. The average Bonchev–Trinajstić information content (AvgIpc) is 2.43. The Hall–Kier alpha value is -0.0400. The van der Waals surface area contributed by atoms with Crippen LogP contribution in [0.4, 0.5) is 0 Å². The summed E-state index contributed by atoms with van der Waals surface area (Å²) in [5.74, 6) is 6.09. The number of rotatable bonds is 2. The van der Waals surface area contributed by atoms with E-state index in [2.05, 4.69) is 0 Å². The Morgan fingerprint density at radius 3 is 1.57 bits per heavy atom. The minimum Gasteiger partial charge on any atom is -0.281 e. The lowest BCUT2D eigenvalue weighted by molar-refractivity contribution is -0.203. The van der Waals surface area contributed by atoms with Crippen molar-refractivity contribution in [3.8, 4) is 0 Å². The van der Waals surface area contributed by atoms with Gasteiger partial charge < -0.3 is 0 Å². The van der Waals surface area contributed by atoms with Crippen molar-refractivity contribution in [1.29, 1.82) is 0 Å². The van der Waals surface area contributed by atoms with Crippen LogP contribution in [0.2, 0.25) is 0 Å². The van der Waals surface area contributed by atoms with E-state index in [9.17, 15) is 4.79 Å². The molecule has 2 heteroatoms. The quantitative estimate of drug-likeness (QED) is 0.618. The van der Waals surface area contributed by atoms with E-state index in [1.165, 1.54) is 57.8 Å². The Balaban J connectivity index is 1.46. The van der Waals surface area contributed by atoms with Crippen LogP contribution >= 0.6 is 11.6 Å². The molecular weight excluding hydrogens is 304 g/mol. The summed E-state index contributed by atoms with van der Waals surface area (Å²) in [5, 5.41) is 0.0670. The normalized spacial score (nSPS) is 62.0. The molecule has 0 aromatic heterocycles. The summed E-state index contributed by atoms with van der Waals surface area (Å²) in [7, 11) is 0. The van der Waals surface area contributed by atoms with Crippen LogP contribution in [0.5, 0.6) is 0 Å². The molecule has 126 valence electrons. The molecule has 8 aliphatic rings. The summed E-state index contributed by atoms with van der Waals surface area (Å²) < 4.78 is 0. The molecule has 8 aliphatic carbocycles. The van der Waals surface area contributed by atoms with Crippen molar-refractivity contribution in [3.63, 3.8) is 0 Å². The molecule has 0 spiro atoms. The van der Waals surface area contributed by atoms with E-state index in [1.54, 1.807) is 0 Å². The number of hydrogen-bond acceptors (Lipinski definition) is 1. The Morgan fingerprint density at radius 2 is 1.13 bits per heavy atom. The van der Waals surface area contributed by atoms with Gasteiger partial charge in [0.25, 0.3) is 0 Å². The molecule has 1 nitrogen and oxygen atoms in total. The maximum absolute atomic E-state index is 12.8. The van der Waals surface area contributed by atoms with Crippen LogP contribution in [0.3, 0.4) is 0 Å². The highest BCUT2D eigenvalue weighted by atomic mass is 35.5. The zero-order valence-corrected chi connectivity index (χ0v) is 14.9. The van der Waals surface area contributed by atoms with Crippen LogP contribution in [0.15, 0.2) is 0 Å². The van der Waals surface area contributed by atoms with Crippen LogP contribution in [0, 0.1) is 52.3 Å². The highest BCUT2D eigenvalue weighted by molar-refractivity contribution is 6.64. The Morgan fingerprint density at radius 1 is 0.696 bits per heavy atom.